The van der Waals surface area contributed by atoms with E-state index in [1.165, 1.54) is 115 Å². The molecule has 0 aliphatic rings. The number of hydrogen-bond donors (Lipinski definition) is 0. The summed E-state index contributed by atoms with van der Waals surface area (Å²) in [4.78, 5) is 0. The number of aromatic nitrogens is 1. The van der Waals surface area contributed by atoms with Gasteiger partial charge in [0.2, 0.25) is 0 Å². The molecule has 1 aromatic heterocycles. The van der Waals surface area contributed by atoms with E-state index in [1.807, 2.05) is 0 Å². The lowest BCUT2D eigenvalue weighted by atomic mass is 10.0. The number of pyridine rings is 1. The largest absolute Gasteiger partial charge is 0.205 e. The van der Waals surface area contributed by atoms with Crippen LogP contribution in [0.15, 0.2) is 24.5 Å². The van der Waals surface area contributed by atoms with Gasteiger partial charge in [0.25, 0.3) is 0 Å². The molecule has 144 valence electrons. The minimum Gasteiger partial charge on any atom is -0.205 e. The number of aryl methyl sites for hydroxylation is 2. The third-order valence-corrected chi connectivity index (χ3v) is 5.30. The molecule has 1 nitrogen and oxygen atoms in total. The molecule has 0 unspecified atom stereocenters. The van der Waals surface area contributed by atoms with E-state index < -0.39 is 0 Å². The zero-order valence-corrected chi connectivity index (χ0v) is 17.3. The molecule has 0 aliphatic heterocycles. The van der Waals surface area contributed by atoms with Crippen LogP contribution in [0.3, 0.4) is 0 Å². The lowest BCUT2D eigenvalue weighted by molar-refractivity contribution is -0.697. The first kappa shape index (κ1) is 22.2. The van der Waals surface area contributed by atoms with E-state index in [-0.39, 0.29) is 0 Å². The Balaban J connectivity index is 1.87. The van der Waals surface area contributed by atoms with Crippen molar-refractivity contribution in [3.05, 3.63) is 30.1 Å². The third-order valence-electron chi connectivity index (χ3n) is 5.30. The summed E-state index contributed by atoms with van der Waals surface area (Å²) >= 11 is 0. The van der Waals surface area contributed by atoms with E-state index in [0.717, 1.165) is 0 Å². The molecule has 1 heteroatoms. The van der Waals surface area contributed by atoms with Crippen molar-refractivity contribution >= 4 is 0 Å². The molecule has 1 heterocycles. The fourth-order valence-electron chi connectivity index (χ4n) is 3.50. The van der Waals surface area contributed by atoms with E-state index in [9.17, 15) is 0 Å². The predicted octanol–water partition coefficient (Wildman–Crippen LogP) is 7.41. The van der Waals surface area contributed by atoms with Crippen LogP contribution in [-0.4, -0.2) is 0 Å². The Morgan fingerprint density at radius 1 is 0.560 bits per heavy atom. The molecule has 0 atom stereocenters. The van der Waals surface area contributed by atoms with Crippen molar-refractivity contribution in [2.45, 2.75) is 123 Å². The molecule has 0 aliphatic carbocycles. The van der Waals surface area contributed by atoms with Gasteiger partial charge in [0.15, 0.2) is 12.4 Å². The number of rotatable bonds is 17. The molecular formula is C24H44N+. The molecule has 0 fully saturated rings. The topological polar surface area (TPSA) is 3.88 Å². The van der Waals surface area contributed by atoms with E-state index in [2.05, 4.69) is 42.9 Å². The average molecular weight is 347 g/mol. The summed E-state index contributed by atoms with van der Waals surface area (Å²) in [7, 11) is 0. The normalized spacial score (nSPS) is 11.1. The lowest BCUT2D eigenvalue weighted by Crippen LogP contribution is -2.32. The Hall–Kier alpha value is -0.850. The molecular weight excluding hydrogens is 302 g/mol. The highest BCUT2D eigenvalue weighted by Crippen LogP contribution is 2.12. The molecule has 0 N–H and O–H groups in total. The van der Waals surface area contributed by atoms with Crippen LogP contribution in [0.25, 0.3) is 0 Å². The number of nitrogens with zero attached hydrogens (tertiary/aromatic N) is 1. The van der Waals surface area contributed by atoms with Crippen LogP contribution >= 0.6 is 0 Å². The summed E-state index contributed by atoms with van der Waals surface area (Å²) in [5, 5.41) is 0. The minimum atomic E-state index is 1.19. The van der Waals surface area contributed by atoms with Crippen molar-refractivity contribution in [1.29, 1.82) is 0 Å². The maximum Gasteiger partial charge on any atom is 0.169 e. The molecule has 0 saturated heterocycles. The van der Waals surface area contributed by atoms with Gasteiger partial charge in [0.1, 0.15) is 6.54 Å². The van der Waals surface area contributed by atoms with Gasteiger partial charge in [-0.25, -0.2) is 4.57 Å². The van der Waals surface area contributed by atoms with Crippen LogP contribution in [0.4, 0.5) is 0 Å². The molecule has 0 amide bonds. The molecule has 0 radical (unpaired) electrons. The van der Waals surface area contributed by atoms with Gasteiger partial charge in [-0.15, -0.1) is 0 Å². The van der Waals surface area contributed by atoms with Gasteiger partial charge in [-0.2, -0.15) is 0 Å². The van der Waals surface area contributed by atoms with E-state index in [4.69, 9.17) is 0 Å². The highest BCUT2D eigenvalue weighted by atomic mass is 14.9. The molecule has 0 saturated carbocycles. The number of unbranched alkanes of at least 4 members (excludes halogenated alkanes) is 13. The van der Waals surface area contributed by atoms with Crippen molar-refractivity contribution in [2.24, 2.45) is 0 Å². The summed E-state index contributed by atoms with van der Waals surface area (Å²) in [6, 6.07) is 4.61. The van der Waals surface area contributed by atoms with Crippen LogP contribution in [0.5, 0.6) is 0 Å². The highest BCUT2D eigenvalue weighted by molar-refractivity contribution is 5.06. The fourth-order valence-corrected chi connectivity index (χ4v) is 3.50. The number of hydrogen-bond acceptors (Lipinski definition) is 0. The monoisotopic (exact) mass is 346 g/mol. The minimum absolute atomic E-state index is 1.19. The van der Waals surface area contributed by atoms with Crippen LogP contribution in [-0.2, 0) is 13.0 Å². The third kappa shape index (κ3) is 13.1. The quantitative estimate of drug-likeness (QED) is 0.204. The Labute approximate surface area is 158 Å². The van der Waals surface area contributed by atoms with E-state index >= 15 is 0 Å². The van der Waals surface area contributed by atoms with Gasteiger partial charge in [0.05, 0.1) is 0 Å². The van der Waals surface area contributed by atoms with Gasteiger partial charge >= 0.3 is 0 Å². The fraction of sp³-hybridized carbons (Fsp3) is 0.792. The molecule has 1 aromatic rings. The van der Waals surface area contributed by atoms with Crippen molar-refractivity contribution in [3.63, 3.8) is 0 Å². The zero-order valence-electron chi connectivity index (χ0n) is 17.3. The maximum atomic E-state index is 2.36. The SMILES string of the molecule is CCCCCCCCCCCCCCC[n+]1ccc(CCCC)cc1. The Morgan fingerprint density at radius 2 is 1.00 bits per heavy atom. The van der Waals surface area contributed by atoms with E-state index in [1.54, 1.807) is 0 Å². The van der Waals surface area contributed by atoms with Gasteiger partial charge in [-0.3, -0.25) is 0 Å². The summed E-state index contributed by atoms with van der Waals surface area (Å²) in [6.07, 6.45) is 27.0. The lowest BCUT2D eigenvalue weighted by Gasteiger charge is -2.03. The Morgan fingerprint density at radius 3 is 1.48 bits per heavy atom. The zero-order chi connectivity index (χ0) is 18.0. The van der Waals surface area contributed by atoms with Crippen molar-refractivity contribution < 1.29 is 4.57 Å². The molecule has 0 aromatic carbocycles. The van der Waals surface area contributed by atoms with Gasteiger partial charge in [-0.05, 0) is 24.8 Å². The highest BCUT2D eigenvalue weighted by Gasteiger charge is 2.01. The van der Waals surface area contributed by atoms with Crippen LogP contribution in [0, 0.1) is 0 Å². The van der Waals surface area contributed by atoms with Crippen molar-refractivity contribution in [1.82, 2.24) is 0 Å². The Kier molecular flexibility index (Phi) is 14.7. The first-order valence-electron chi connectivity index (χ1n) is 11.3. The predicted molar refractivity (Wildman–Crippen MR) is 111 cm³/mol. The summed E-state index contributed by atoms with van der Waals surface area (Å²) in [5.41, 5.74) is 1.49. The van der Waals surface area contributed by atoms with Crippen LogP contribution in [0.1, 0.15) is 116 Å². The summed E-state index contributed by atoms with van der Waals surface area (Å²) < 4.78 is 2.36. The molecule has 1 rings (SSSR count). The van der Waals surface area contributed by atoms with Crippen molar-refractivity contribution in [3.8, 4) is 0 Å². The van der Waals surface area contributed by atoms with Crippen LogP contribution in [0.2, 0.25) is 0 Å². The summed E-state index contributed by atoms with van der Waals surface area (Å²) in [6.45, 7) is 5.74. The second-order valence-corrected chi connectivity index (χ2v) is 7.79. The first-order valence-corrected chi connectivity index (χ1v) is 11.3. The van der Waals surface area contributed by atoms with Gasteiger partial charge in [0, 0.05) is 18.6 Å². The van der Waals surface area contributed by atoms with Gasteiger partial charge in [-0.1, -0.05) is 90.9 Å². The standard InChI is InChI=1S/C24H44N/c1-3-5-7-8-9-10-11-12-13-14-15-16-17-21-25-22-19-24(20-23-25)18-6-4-2/h19-20,22-23H,3-18,21H2,1-2H3/q+1. The first-order chi connectivity index (χ1) is 12.4. The summed E-state index contributed by atoms with van der Waals surface area (Å²) in [5.74, 6) is 0. The molecule has 25 heavy (non-hydrogen) atoms. The second-order valence-electron chi connectivity index (χ2n) is 7.79. The second kappa shape index (κ2) is 16.6. The van der Waals surface area contributed by atoms with E-state index in [0.29, 0.717) is 0 Å². The smallest absolute Gasteiger partial charge is 0.169 e. The van der Waals surface area contributed by atoms with Gasteiger partial charge < -0.3 is 0 Å². The van der Waals surface area contributed by atoms with Crippen molar-refractivity contribution in [2.75, 3.05) is 0 Å². The maximum absolute atomic E-state index is 2.36. The van der Waals surface area contributed by atoms with Crippen LogP contribution < -0.4 is 4.57 Å². The molecule has 0 spiro atoms. The average Bonchev–Trinajstić information content (AvgIpc) is 2.65. The molecule has 0 bridgehead atoms. The Bertz CT molecular complexity index is 382.